The highest BCUT2D eigenvalue weighted by molar-refractivity contribution is 5.61. The van der Waals surface area contributed by atoms with Crippen LogP contribution in [0.2, 0.25) is 0 Å². The molecule has 0 spiro atoms. The minimum Gasteiger partial charge on any atom is -0.356 e. The van der Waals surface area contributed by atoms with Crippen molar-refractivity contribution in [2.45, 2.75) is 33.1 Å². The van der Waals surface area contributed by atoms with Gasteiger partial charge in [-0.15, -0.1) is 0 Å². The van der Waals surface area contributed by atoms with E-state index in [9.17, 15) is 0 Å². The van der Waals surface area contributed by atoms with Crippen LogP contribution in [-0.2, 0) is 0 Å². The van der Waals surface area contributed by atoms with Gasteiger partial charge in [-0.1, -0.05) is 23.8 Å². The Bertz CT molecular complexity index is 1390. The lowest BCUT2D eigenvalue weighted by Gasteiger charge is -2.27. The summed E-state index contributed by atoms with van der Waals surface area (Å²) in [6, 6.07) is 16.4. The van der Waals surface area contributed by atoms with Crippen molar-refractivity contribution < 1.29 is 0 Å². The minimum absolute atomic E-state index is 0.704. The first kappa shape index (κ1) is 23.6. The number of nitrogens with zero attached hydrogens (tertiary/aromatic N) is 8. The molecule has 4 heterocycles. The Morgan fingerprint density at radius 3 is 2.50 bits per heavy atom. The Kier molecular flexibility index (Phi) is 6.71. The van der Waals surface area contributed by atoms with Crippen molar-refractivity contribution in [3.8, 4) is 28.5 Å². The van der Waals surface area contributed by atoms with E-state index in [0.29, 0.717) is 5.82 Å². The van der Waals surface area contributed by atoms with E-state index in [4.69, 9.17) is 10.1 Å². The van der Waals surface area contributed by atoms with Crippen LogP contribution < -0.4 is 9.91 Å². The van der Waals surface area contributed by atoms with Crippen LogP contribution in [0.3, 0.4) is 0 Å². The number of aromatic amines is 1. The third-order valence-corrected chi connectivity index (χ3v) is 6.27. The fraction of sp³-hybridized carbons (Fsp3) is 0.333. The van der Waals surface area contributed by atoms with Crippen LogP contribution >= 0.6 is 0 Å². The molecule has 1 aliphatic heterocycles. The smallest absolute Gasteiger partial charge is 0.157 e. The topological polar surface area (TPSA) is 83.7 Å². The van der Waals surface area contributed by atoms with Crippen molar-refractivity contribution in [2.75, 3.05) is 37.1 Å². The van der Waals surface area contributed by atoms with E-state index in [-0.39, 0.29) is 0 Å². The number of H-pyrrole nitrogens is 1. The average molecular weight is 484 g/mol. The summed E-state index contributed by atoms with van der Waals surface area (Å²) in [6.07, 6.45) is 7.23. The number of hydrogen-bond donors (Lipinski definition) is 1. The molecule has 3 aromatic heterocycles. The summed E-state index contributed by atoms with van der Waals surface area (Å²) in [6.45, 7) is 6.02. The lowest BCUT2D eigenvalue weighted by molar-refractivity contribution is 0.573. The Hall–Kier alpha value is -4.14. The van der Waals surface area contributed by atoms with E-state index in [1.165, 1.54) is 12.0 Å². The summed E-state index contributed by atoms with van der Waals surface area (Å²) >= 11 is 0. The number of piperidine rings is 1. The summed E-state index contributed by atoms with van der Waals surface area (Å²) in [5.74, 6) is 1.58. The SMILES string of the molecule is Cc1cccc(-c2ccn(-c3ccn[nH]c(-c4cc(C)nn4N(C)C)cc(N4CCCCC4)n3)n2)c1. The van der Waals surface area contributed by atoms with Crippen LogP contribution in [0.15, 0.2) is 60.9 Å². The molecule has 186 valence electrons. The predicted octanol–water partition coefficient (Wildman–Crippen LogP) is 4.45. The maximum atomic E-state index is 5.12. The Morgan fingerprint density at radius 1 is 0.889 bits per heavy atom. The van der Waals surface area contributed by atoms with Gasteiger partial charge in [-0.25, -0.2) is 9.67 Å². The molecule has 0 amide bonds. The summed E-state index contributed by atoms with van der Waals surface area (Å²) < 4.78 is 1.82. The van der Waals surface area contributed by atoms with Gasteiger partial charge in [0.15, 0.2) is 5.82 Å². The highest BCUT2D eigenvalue weighted by Crippen LogP contribution is 2.24. The first-order valence-corrected chi connectivity index (χ1v) is 12.4. The van der Waals surface area contributed by atoms with Crippen LogP contribution in [0.4, 0.5) is 5.82 Å². The van der Waals surface area contributed by atoms with E-state index in [2.05, 4.69) is 63.5 Å². The lowest BCUT2D eigenvalue weighted by Crippen LogP contribution is -2.30. The fourth-order valence-corrected chi connectivity index (χ4v) is 4.49. The maximum Gasteiger partial charge on any atom is 0.157 e. The molecule has 9 nitrogen and oxygen atoms in total. The molecular weight excluding hydrogens is 450 g/mol. The molecule has 0 atom stereocenters. The van der Waals surface area contributed by atoms with Crippen molar-refractivity contribution in [1.82, 2.24) is 34.9 Å². The zero-order chi connectivity index (χ0) is 25.1. The largest absolute Gasteiger partial charge is 0.356 e. The second-order valence-corrected chi connectivity index (χ2v) is 9.41. The van der Waals surface area contributed by atoms with Crippen molar-refractivity contribution in [3.63, 3.8) is 0 Å². The van der Waals surface area contributed by atoms with Crippen LogP contribution in [-0.4, -0.2) is 62.0 Å². The van der Waals surface area contributed by atoms with Gasteiger partial charge in [0, 0.05) is 51.1 Å². The second-order valence-electron chi connectivity index (χ2n) is 9.41. The number of rotatable bonds is 5. The van der Waals surface area contributed by atoms with Gasteiger partial charge >= 0.3 is 0 Å². The Labute approximate surface area is 211 Å². The second kappa shape index (κ2) is 10.2. The lowest BCUT2D eigenvalue weighted by atomic mass is 10.1. The quantitative estimate of drug-likeness (QED) is 0.452. The number of nitrogens with one attached hydrogen (secondary N) is 1. The maximum absolute atomic E-state index is 5.12. The van der Waals surface area contributed by atoms with Crippen LogP contribution in [0.1, 0.15) is 30.5 Å². The minimum atomic E-state index is 0.704. The molecule has 0 radical (unpaired) electrons. The predicted molar refractivity (Wildman–Crippen MR) is 143 cm³/mol. The molecule has 36 heavy (non-hydrogen) atoms. The average Bonchev–Trinajstić information content (AvgIpc) is 3.53. The first-order valence-electron chi connectivity index (χ1n) is 12.4. The summed E-state index contributed by atoms with van der Waals surface area (Å²) in [4.78, 5) is 9.34. The molecule has 1 N–H and O–H groups in total. The molecular formula is C27H33N9. The third-order valence-electron chi connectivity index (χ3n) is 6.27. The van der Waals surface area contributed by atoms with Gasteiger partial charge in [-0.2, -0.15) is 20.1 Å². The molecule has 4 aromatic rings. The molecule has 1 aromatic carbocycles. The number of hydrogen-bond acceptors (Lipinski definition) is 6. The molecule has 0 unspecified atom stereocenters. The highest BCUT2D eigenvalue weighted by atomic mass is 15.6. The first-order chi connectivity index (χ1) is 17.5. The third kappa shape index (κ3) is 5.10. The monoisotopic (exact) mass is 483 g/mol. The van der Waals surface area contributed by atoms with Crippen LogP contribution in [0, 0.1) is 13.8 Å². The van der Waals surface area contributed by atoms with Gasteiger partial charge < -0.3 is 9.91 Å². The van der Waals surface area contributed by atoms with Crippen molar-refractivity contribution in [1.29, 1.82) is 0 Å². The molecule has 1 aliphatic rings. The van der Waals surface area contributed by atoms with Crippen LogP contribution in [0.25, 0.3) is 28.5 Å². The molecule has 1 fully saturated rings. The van der Waals surface area contributed by atoms with Crippen molar-refractivity contribution in [3.05, 3.63) is 72.2 Å². The molecule has 5 rings (SSSR count). The van der Waals surface area contributed by atoms with Crippen molar-refractivity contribution >= 4 is 5.82 Å². The number of anilines is 1. The zero-order valence-corrected chi connectivity index (χ0v) is 21.4. The molecule has 0 bridgehead atoms. The van der Waals surface area contributed by atoms with E-state index < -0.39 is 0 Å². The van der Waals surface area contributed by atoms with E-state index >= 15 is 0 Å². The number of aromatic nitrogens is 7. The zero-order valence-electron chi connectivity index (χ0n) is 21.4. The summed E-state index contributed by atoms with van der Waals surface area (Å²) in [7, 11) is 3.94. The standard InChI is InChI=1S/C27H33N9/c1-20-9-8-10-22(17-20)23-12-16-35(32-23)26-11-13-28-30-24(25-18-21(2)31-36(25)33(3)4)19-27(29-26)34-14-6-5-7-15-34/h8-13,16-19,30H,5-7,14-15H2,1-4H3. The number of aryl methyl sites for hydroxylation is 2. The molecule has 9 heteroatoms. The Balaban J connectivity index is 1.64. The highest BCUT2D eigenvalue weighted by Gasteiger charge is 2.16. The van der Waals surface area contributed by atoms with Gasteiger partial charge in [0.25, 0.3) is 0 Å². The van der Waals surface area contributed by atoms with Gasteiger partial charge in [0.2, 0.25) is 0 Å². The van der Waals surface area contributed by atoms with Gasteiger partial charge in [-0.3, -0.25) is 5.10 Å². The van der Waals surface area contributed by atoms with Gasteiger partial charge in [-0.05, 0) is 51.3 Å². The van der Waals surface area contributed by atoms with Crippen LogP contribution in [0.5, 0.6) is 0 Å². The molecule has 0 saturated carbocycles. The van der Waals surface area contributed by atoms with E-state index in [0.717, 1.165) is 60.1 Å². The van der Waals surface area contributed by atoms with E-state index in [1.54, 1.807) is 6.20 Å². The fourth-order valence-electron chi connectivity index (χ4n) is 4.49. The van der Waals surface area contributed by atoms with Gasteiger partial charge in [0.05, 0.1) is 23.3 Å². The van der Waals surface area contributed by atoms with E-state index in [1.807, 2.05) is 53.8 Å². The summed E-state index contributed by atoms with van der Waals surface area (Å²) in [5.41, 5.74) is 5.88. The Morgan fingerprint density at radius 2 is 1.72 bits per heavy atom. The molecule has 0 aliphatic carbocycles. The number of benzene rings is 1. The van der Waals surface area contributed by atoms with Crippen molar-refractivity contribution in [2.24, 2.45) is 0 Å². The molecule has 1 saturated heterocycles. The van der Waals surface area contributed by atoms with Gasteiger partial charge in [0.1, 0.15) is 11.5 Å². The normalized spacial score (nSPS) is 13.5. The summed E-state index contributed by atoms with van der Waals surface area (Å²) in [5, 5.41) is 19.1.